The highest BCUT2D eigenvalue weighted by Gasteiger charge is 2.12. The minimum absolute atomic E-state index is 0.279. The maximum Gasteiger partial charge on any atom is 0.185 e. The second kappa shape index (κ2) is 8.70. The fourth-order valence-electron chi connectivity index (χ4n) is 3.40. The fraction of sp³-hybridized carbons (Fsp3) is 0.120. The maximum atomic E-state index is 11.7. The van der Waals surface area contributed by atoms with Crippen molar-refractivity contribution in [2.45, 2.75) is 0 Å². The van der Waals surface area contributed by atoms with E-state index in [4.69, 9.17) is 9.72 Å². The number of carbonyl (C=O) groups is 1. The third-order valence-corrected chi connectivity index (χ3v) is 5.62. The van der Waals surface area contributed by atoms with Crippen LogP contribution >= 0.6 is 0 Å². The van der Waals surface area contributed by atoms with Gasteiger partial charge >= 0.3 is 0 Å². The number of nitrogens with zero attached hydrogens (tertiary/aromatic N) is 1. The molecule has 0 saturated heterocycles. The number of sulfone groups is 1. The lowest BCUT2D eigenvalue weighted by molar-refractivity contribution is -0.118. The van der Waals surface area contributed by atoms with Gasteiger partial charge in [-0.1, -0.05) is 48.5 Å². The van der Waals surface area contributed by atoms with Crippen molar-refractivity contribution in [2.24, 2.45) is 0 Å². The van der Waals surface area contributed by atoms with E-state index in [-0.39, 0.29) is 6.61 Å². The van der Waals surface area contributed by atoms with Crippen molar-refractivity contribution in [1.29, 1.82) is 0 Å². The molecule has 5 nitrogen and oxygen atoms in total. The zero-order chi connectivity index (χ0) is 21.8. The van der Waals surface area contributed by atoms with Crippen molar-refractivity contribution in [3.63, 3.8) is 0 Å². The molecule has 0 bridgehead atoms. The Bertz CT molecular complexity index is 1330. The average molecular weight is 432 g/mol. The number of pyridine rings is 1. The summed E-state index contributed by atoms with van der Waals surface area (Å²) in [5.74, 6) is -0.501. The summed E-state index contributed by atoms with van der Waals surface area (Å²) in [4.78, 5) is 16.5. The smallest absolute Gasteiger partial charge is 0.185 e. The van der Waals surface area contributed by atoms with Gasteiger partial charge in [0.15, 0.2) is 15.6 Å². The molecule has 3 aromatic carbocycles. The summed E-state index contributed by atoms with van der Waals surface area (Å²) in [5, 5.41) is 1.08. The molecule has 0 aliphatic heterocycles. The number of hydrogen-bond acceptors (Lipinski definition) is 5. The molecule has 6 heteroatoms. The Labute approximate surface area is 181 Å². The van der Waals surface area contributed by atoms with Gasteiger partial charge in [-0.15, -0.1) is 0 Å². The molecule has 0 aliphatic rings. The van der Waals surface area contributed by atoms with Gasteiger partial charge < -0.3 is 4.74 Å². The number of hydrogen-bond donors (Lipinski definition) is 0. The Kier molecular flexibility index (Phi) is 5.82. The molecule has 0 fully saturated rings. The summed E-state index contributed by atoms with van der Waals surface area (Å²) in [6.45, 7) is -0.279. The van der Waals surface area contributed by atoms with Gasteiger partial charge in [0.2, 0.25) is 0 Å². The van der Waals surface area contributed by atoms with E-state index in [1.807, 2.05) is 48.5 Å². The maximum absolute atomic E-state index is 11.7. The minimum Gasteiger partial charge on any atom is -0.486 e. The van der Waals surface area contributed by atoms with Crippen LogP contribution in [0.4, 0.5) is 0 Å². The van der Waals surface area contributed by atoms with Crippen LogP contribution in [-0.2, 0) is 14.6 Å². The molecular weight excluding hydrogens is 410 g/mol. The molecule has 1 aromatic heterocycles. The zero-order valence-electron chi connectivity index (χ0n) is 17.0. The Balaban J connectivity index is 1.61. The first kappa shape index (κ1) is 20.8. The van der Waals surface area contributed by atoms with Crippen LogP contribution in [0, 0.1) is 0 Å². The summed E-state index contributed by atoms with van der Waals surface area (Å²) in [6, 6.07) is 27.6. The van der Waals surface area contributed by atoms with E-state index >= 15 is 0 Å². The number of ketones is 1. The van der Waals surface area contributed by atoms with Crippen molar-refractivity contribution in [3.05, 3.63) is 84.9 Å². The van der Waals surface area contributed by atoms with Gasteiger partial charge in [0.25, 0.3) is 0 Å². The number of benzene rings is 3. The quantitative estimate of drug-likeness (QED) is 0.429. The number of Topliss-reactive ketones (excluding diaryl/α,β-unsaturated/α-hetero) is 1. The highest BCUT2D eigenvalue weighted by molar-refractivity contribution is 7.91. The monoisotopic (exact) mass is 431 g/mol. The molecule has 1 heterocycles. The fourth-order valence-corrected chi connectivity index (χ4v) is 4.07. The first-order chi connectivity index (χ1) is 14.9. The van der Waals surface area contributed by atoms with Crippen LogP contribution in [0.2, 0.25) is 0 Å². The molecule has 0 N–H and O–H groups in total. The SMILES string of the molecule is CS(=O)(=O)CC(=O)COc1ccc(-c2cc(-c3ccccc3)c3ccccc3n2)cc1. The number of carbonyl (C=O) groups excluding carboxylic acids is 1. The van der Waals surface area contributed by atoms with Gasteiger partial charge in [-0.3, -0.25) is 4.79 Å². The summed E-state index contributed by atoms with van der Waals surface area (Å²) in [6.07, 6.45) is 1.03. The standard InChI is InChI=1S/C25H21NO4S/c1-31(28,29)17-20(27)16-30-21-13-11-19(12-14-21)25-15-23(18-7-3-2-4-8-18)22-9-5-6-10-24(22)26-25/h2-15H,16-17H2,1H3. The molecule has 156 valence electrons. The van der Waals surface area contributed by atoms with Crippen LogP contribution in [0.5, 0.6) is 5.75 Å². The lowest BCUT2D eigenvalue weighted by Gasteiger charge is -2.11. The third kappa shape index (κ3) is 5.16. The largest absolute Gasteiger partial charge is 0.486 e. The van der Waals surface area contributed by atoms with Crippen molar-refractivity contribution < 1.29 is 17.9 Å². The average Bonchev–Trinajstić information content (AvgIpc) is 2.77. The number of ether oxygens (including phenoxy) is 1. The number of rotatable bonds is 7. The van der Waals surface area contributed by atoms with Gasteiger partial charge in [0.1, 0.15) is 18.1 Å². The van der Waals surface area contributed by atoms with E-state index in [0.29, 0.717) is 5.75 Å². The Morgan fingerprint density at radius 1 is 0.871 bits per heavy atom. The van der Waals surface area contributed by atoms with Crippen LogP contribution in [0.15, 0.2) is 84.9 Å². The minimum atomic E-state index is -3.35. The first-order valence-corrected chi connectivity index (χ1v) is 11.8. The molecule has 4 rings (SSSR count). The molecule has 0 atom stereocenters. The molecule has 0 saturated carbocycles. The summed E-state index contributed by atoms with van der Waals surface area (Å²) >= 11 is 0. The van der Waals surface area contributed by atoms with Crippen molar-refractivity contribution in [2.75, 3.05) is 18.6 Å². The van der Waals surface area contributed by atoms with Gasteiger partial charge in [-0.05, 0) is 47.5 Å². The molecule has 0 spiro atoms. The number of para-hydroxylation sites is 1. The van der Waals surface area contributed by atoms with E-state index in [1.165, 1.54) is 0 Å². The van der Waals surface area contributed by atoms with E-state index in [0.717, 1.165) is 39.5 Å². The Morgan fingerprint density at radius 2 is 1.55 bits per heavy atom. The Hall–Kier alpha value is -3.51. The Morgan fingerprint density at radius 3 is 2.26 bits per heavy atom. The molecule has 0 amide bonds. The summed E-state index contributed by atoms with van der Waals surface area (Å²) in [7, 11) is -3.35. The van der Waals surface area contributed by atoms with Gasteiger partial charge in [0, 0.05) is 17.2 Å². The predicted molar refractivity (Wildman–Crippen MR) is 123 cm³/mol. The van der Waals surface area contributed by atoms with Crippen molar-refractivity contribution in [1.82, 2.24) is 4.98 Å². The molecule has 0 radical (unpaired) electrons. The van der Waals surface area contributed by atoms with Crippen LogP contribution < -0.4 is 4.74 Å². The summed E-state index contributed by atoms with van der Waals surface area (Å²) < 4.78 is 27.8. The van der Waals surface area contributed by atoms with Crippen LogP contribution in [0.25, 0.3) is 33.3 Å². The van der Waals surface area contributed by atoms with Crippen molar-refractivity contribution >= 4 is 26.5 Å². The van der Waals surface area contributed by atoms with Crippen molar-refractivity contribution in [3.8, 4) is 28.1 Å². The lowest BCUT2D eigenvalue weighted by Crippen LogP contribution is -2.20. The number of fused-ring (bicyclic) bond motifs is 1. The van der Waals surface area contributed by atoms with Crippen LogP contribution in [0.1, 0.15) is 0 Å². The van der Waals surface area contributed by atoms with Crippen LogP contribution in [0.3, 0.4) is 0 Å². The van der Waals surface area contributed by atoms with Gasteiger partial charge in [-0.25, -0.2) is 13.4 Å². The first-order valence-electron chi connectivity index (χ1n) is 9.77. The van der Waals surface area contributed by atoms with E-state index in [1.54, 1.807) is 12.1 Å². The molecule has 4 aromatic rings. The molecule has 31 heavy (non-hydrogen) atoms. The topological polar surface area (TPSA) is 73.3 Å². The van der Waals surface area contributed by atoms with Crippen LogP contribution in [-0.4, -0.2) is 37.8 Å². The molecule has 0 unspecified atom stereocenters. The number of aromatic nitrogens is 1. The van der Waals surface area contributed by atoms with E-state index in [2.05, 4.69) is 24.3 Å². The second-order valence-electron chi connectivity index (χ2n) is 7.36. The van der Waals surface area contributed by atoms with Gasteiger partial charge in [0.05, 0.1) is 11.2 Å². The van der Waals surface area contributed by atoms with Gasteiger partial charge in [-0.2, -0.15) is 0 Å². The predicted octanol–water partition coefficient (Wildman–Crippen LogP) is 4.56. The van der Waals surface area contributed by atoms with E-state index < -0.39 is 21.4 Å². The second-order valence-corrected chi connectivity index (χ2v) is 9.50. The summed E-state index contributed by atoms with van der Waals surface area (Å²) in [5.41, 5.74) is 4.88. The highest BCUT2D eigenvalue weighted by Crippen LogP contribution is 2.32. The third-order valence-electron chi connectivity index (χ3n) is 4.77. The molecule has 0 aliphatic carbocycles. The highest BCUT2D eigenvalue weighted by atomic mass is 32.2. The van der Waals surface area contributed by atoms with E-state index in [9.17, 15) is 13.2 Å². The normalized spacial score (nSPS) is 11.4. The lowest BCUT2D eigenvalue weighted by atomic mass is 9.98. The molecular formula is C25H21NO4S. The zero-order valence-corrected chi connectivity index (χ0v) is 17.8.